The summed E-state index contributed by atoms with van der Waals surface area (Å²) < 4.78 is 5.20. The van der Waals surface area contributed by atoms with Crippen molar-refractivity contribution < 1.29 is 9.53 Å². The lowest BCUT2D eigenvalue weighted by molar-refractivity contribution is 0.0890. The number of carbonyl (C=O) groups excluding carboxylic acids is 1. The molecule has 1 saturated heterocycles. The Kier molecular flexibility index (Phi) is 4.84. The smallest absolute Gasteiger partial charge is 0.410 e. The fourth-order valence-electron chi connectivity index (χ4n) is 4.07. The summed E-state index contributed by atoms with van der Waals surface area (Å²) in [5, 5.41) is 1.21. The van der Waals surface area contributed by atoms with Crippen LogP contribution in [0, 0.1) is 5.92 Å². The van der Waals surface area contributed by atoms with E-state index in [0.717, 1.165) is 32.2 Å². The first-order chi connectivity index (χ1) is 10.6. The zero-order valence-electron chi connectivity index (χ0n) is 12.7. The van der Waals surface area contributed by atoms with Gasteiger partial charge in [-0.05, 0) is 55.7 Å². The topological polar surface area (TPSA) is 29.5 Å². The van der Waals surface area contributed by atoms with E-state index >= 15 is 0 Å². The quantitative estimate of drug-likeness (QED) is 0.748. The van der Waals surface area contributed by atoms with Gasteiger partial charge in [-0.15, -0.1) is 0 Å². The van der Waals surface area contributed by atoms with Gasteiger partial charge in [-0.25, -0.2) is 4.79 Å². The van der Waals surface area contributed by atoms with Crippen molar-refractivity contribution in [2.45, 2.75) is 44.6 Å². The predicted molar refractivity (Wildman–Crippen MR) is 88.7 cm³/mol. The second kappa shape index (κ2) is 6.67. The summed E-state index contributed by atoms with van der Waals surface area (Å²) in [5.41, 5.74) is 1.25. The van der Waals surface area contributed by atoms with Crippen molar-refractivity contribution in [3.63, 3.8) is 0 Å². The van der Waals surface area contributed by atoms with Crippen LogP contribution in [0.4, 0.5) is 4.79 Å². The molecule has 1 heterocycles. The second-order valence-corrected chi connectivity index (χ2v) is 6.94. The molecule has 22 heavy (non-hydrogen) atoms. The average Bonchev–Trinajstić information content (AvgIpc) is 2.94. The monoisotopic (exact) mass is 341 g/mol. The Labute approximate surface area is 141 Å². The van der Waals surface area contributed by atoms with Gasteiger partial charge in [0.25, 0.3) is 0 Å². The van der Waals surface area contributed by atoms with E-state index in [2.05, 4.69) is 6.07 Å². The Balaban J connectivity index is 1.80. The van der Waals surface area contributed by atoms with E-state index in [-0.39, 0.29) is 6.09 Å². The maximum absolute atomic E-state index is 12.1. The van der Waals surface area contributed by atoms with Crippen molar-refractivity contribution in [2.24, 2.45) is 5.92 Å². The number of hydrogen-bond donors (Lipinski definition) is 0. The third-order valence-electron chi connectivity index (χ3n) is 5.00. The molecule has 0 aromatic heterocycles. The minimum absolute atomic E-state index is 0.162. The molecule has 3 unspecified atom stereocenters. The number of nitrogens with zero attached hydrogens (tertiary/aromatic N) is 1. The minimum atomic E-state index is -0.162. The molecule has 0 N–H and O–H groups in total. The molecule has 120 valence electrons. The van der Waals surface area contributed by atoms with Crippen LogP contribution in [0.1, 0.15) is 44.1 Å². The summed E-state index contributed by atoms with van der Waals surface area (Å²) in [5.74, 6) is 0.948. The number of likely N-dealkylation sites (tertiary alicyclic amines) is 1. The van der Waals surface area contributed by atoms with Crippen LogP contribution in [0.15, 0.2) is 18.2 Å². The molecular formula is C17H21Cl2NO2. The number of ether oxygens (including phenoxy) is 1. The van der Waals surface area contributed by atoms with Crippen molar-refractivity contribution in [1.82, 2.24) is 4.90 Å². The molecule has 1 aromatic carbocycles. The number of carbonyl (C=O) groups is 1. The highest BCUT2D eigenvalue weighted by Crippen LogP contribution is 2.46. The van der Waals surface area contributed by atoms with Crippen molar-refractivity contribution >= 4 is 29.3 Å². The van der Waals surface area contributed by atoms with Gasteiger partial charge in [0.05, 0.1) is 16.7 Å². The highest BCUT2D eigenvalue weighted by Gasteiger charge is 2.44. The number of halogens is 2. The Hall–Kier alpha value is -0.930. The largest absolute Gasteiger partial charge is 0.450 e. The predicted octanol–water partition coefficient (Wildman–Crippen LogP) is 5.11. The number of benzene rings is 1. The van der Waals surface area contributed by atoms with Crippen molar-refractivity contribution in [3.05, 3.63) is 33.8 Å². The number of fused-ring (bicyclic) bond motifs is 1. The van der Waals surface area contributed by atoms with Gasteiger partial charge >= 0.3 is 6.09 Å². The molecule has 3 atom stereocenters. The second-order valence-electron chi connectivity index (χ2n) is 6.12. The third kappa shape index (κ3) is 2.93. The molecule has 1 aromatic rings. The third-order valence-corrected chi connectivity index (χ3v) is 5.74. The maximum atomic E-state index is 12.1. The van der Waals surface area contributed by atoms with Crippen LogP contribution in [-0.2, 0) is 4.74 Å². The van der Waals surface area contributed by atoms with Crippen molar-refractivity contribution in [3.8, 4) is 0 Å². The van der Waals surface area contributed by atoms with Crippen LogP contribution in [-0.4, -0.2) is 30.2 Å². The minimum Gasteiger partial charge on any atom is -0.450 e. The fraction of sp³-hybridized carbons (Fsp3) is 0.588. The standard InChI is InChI=1S/C17H21Cl2NO2/c1-2-22-17(21)20-9-8-13-12(4-3-5-16(13)20)11-6-7-14(18)15(19)10-11/h6-7,10,12-13,16H,2-5,8-9H2,1H3. The van der Waals surface area contributed by atoms with E-state index in [9.17, 15) is 4.79 Å². The lowest BCUT2D eigenvalue weighted by Gasteiger charge is -2.37. The first-order valence-electron chi connectivity index (χ1n) is 8.00. The molecule has 1 aliphatic heterocycles. The molecule has 2 fully saturated rings. The number of rotatable bonds is 2. The number of amides is 1. The molecule has 3 nitrogen and oxygen atoms in total. The first-order valence-corrected chi connectivity index (χ1v) is 8.75. The zero-order chi connectivity index (χ0) is 15.7. The van der Waals surface area contributed by atoms with Crippen LogP contribution < -0.4 is 0 Å². The summed E-state index contributed by atoms with van der Waals surface area (Å²) in [7, 11) is 0. The SMILES string of the molecule is CCOC(=O)N1CCC2C(c3ccc(Cl)c(Cl)c3)CCCC21. The lowest BCUT2D eigenvalue weighted by Crippen LogP contribution is -2.41. The number of hydrogen-bond acceptors (Lipinski definition) is 2. The average molecular weight is 342 g/mol. The van der Waals surface area contributed by atoms with Gasteiger partial charge in [-0.3, -0.25) is 0 Å². The molecular weight excluding hydrogens is 321 g/mol. The molecule has 1 aliphatic carbocycles. The van der Waals surface area contributed by atoms with E-state index in [1.807, 2.05) is 24.0 Å². The van der Waals surface area contributed by atoms with Gasteiger partial charge < -0.3 is 9.64 Å². The summed E-state index contributed by atoms with van der Waals surface area (Å²) in [4.78, 5) is 14.0. The van der Waals surface area contributed by atoms with Crippen LogP contribution in [0.5, 0.6) is 0 Å². The Bertz CT molecular complexity index is 564. The molecule has 1 saturated carbocycles. The fourth-order valence-corrected chi connectivity index (χ4v) is 4.37. The Morgan fingerprint density at radius 1 is 1.27 bits per heavy atom. The maximum Gasteiger partial charge on any atom is 0.410 e. The van der Waals surface area contributed by atoms with Gasteiger partial charge in [0.15, 0.2) is 0 Å². The van der Waals surface area contributed by atoms with E-state index in [1.165, 1.54) is 5.56 Å². The Morgan fingerprint density at radius 3 is 2.82 bits per heavy atom. The molecule has 3 rings (SSSR count). The van der Waals surface area contributed by atoms with Crippen LogP contribution in [0.3, 0.4) is 0 Å². The molecule has 1 amide bonds. The van der Waals surface area contributed by atoms with Crippen LogP contribution in [0.25, 0.3) is 0 Å². The normalized spacial score (nSPS) is 27.6. The summed E-state index contributed by atoms with van der Waals surface area (Å²) in [6.07, 6.45) is 4.22. The van der Waals surface area contributed by atoms with Crippen molar-refractivity contribution in [2.75, 3.05) is 13.2 Å². The van der Waals surface area contributed by atoms with Gasteiger partial charge in [0.2, 0.25) is 0 Å². The van der Waals surface area contributed by atoms with Crippen molar-refractivity contribution in [1.29, 1.82) is 0 Å². The summed E-state index contributed by atoms with van der Waals surface area (Å²) in [6.45, 7) is 3.08. The molecule has 0 spiro atoms. The zero-order valence-corrected chi connectivity index (χ0v) is 14.2. The van der Waals surface area contributed by atoms with E-state index < -0.39 is 0 Å². The van der Waals surface area contributed by atoms with E-state index in [4.69, 9.17) is 27.9 Å². The molecule has 0 bridgehead atoms. The van der Waals surface area contributed by atoms with Crippen LogP contribution >= 0.6 is 23.2 Å². The van der Waals surface area contributed by atoms with Crippen LogP contribution in [0.2, 0.25) is 10.0 Å². The highest BCUT2D eigenvalue weighted by molar-refractivity contribution is 6.42. The summed E-state index contributed by atoms with van der Waals surface area (Å²) in [6, 6.07) is 6.24. The lowest BCUT2D eigenvalue weighted by atomic mass is 9.73. The molecule has 2 aliphatic rings. The Morgan fingerprint density at radius 2 is 2.09 bits per heavy atom. The molecule has 0 radical (unpaired) electrons. The molecule has 5 heteroatoms. The van der Waals surface area contributed by atoms with Gasteiger partial charge in [-0.1, -0.05) is 35.7 Å². The van der Waals surface area contributed by atoms with Gasteiger partial charge in [0.1, 0.15) is 0 Å². The summed E-state index contributed by atoms with van der Waals surface area (Å²) >= 11 is 12.2. The van der Waals surface area contributed by atoms with Gasteiger partial charge in [0, 0.05) is 12.6 Å². The van der Waals surface area contributed by atoms with E-state index in [1.54, 1.807) is 0 Å². The highest BCUT2D eigenvalue weighted by atomic mass is 35.5. The first kappa shape index (κ1) is 15.9. The van der Waals surface area contributed by atoms with E-state index in [0.29, 0.717) is 34.5 Å². The van der Waals surface area contributed by atoms with Gasteiger partial charge in [-0.2, -0.15) is 0 Å².